The Labute approximate surface area is 104 Å². The van der Waals surface area contributed by atoms with Crippen molar-refractivity contribution in [3.05, 3.63) is 29.8 Å². The standard InChI is InChI=1S/C15H22N2/c1-2-6-15(17-11-3-4-12-17)14(5-1)13-7-9-16-10-8-13/h1-2,5-6,13,16H,3-4,7-12H2. The van der Waals surface area contributed by atoms with Crippen molar-refractivity contribution in [1.29, 1.82) is 0 Å². The molecule has 0 aliphatic carbocycles. The van der Waals surface area contributed by atoms with E-state index in [9.17, 15) is 0 Å². The number of hydrogen-bond donors (Lipinski definition) is 1. The zero-order valence-electron chi connectivity index (χ0n) is 10.5. The number of piperidine rings is 1. The summed E-state index contributed by atoms with van der Waals surface area (Å²) in [4.78, 5) is 2.58. The van der Waals surface area contributed by atoms with Crippen molar-refractivity contribution in [2.45, 2.75) is 31.6 Å². The molecule has 2 aliphatic rings. The molecular weight excluding hydrogens is 208 g/mol. The molecule has 1 aromatic carbocycles. The lowest BCUT2D eigenvalue weighted by Gasteiger charge is -2.28. The Balaban J connectivity index is 1.86. The molecule has 92 valence electrons. The molecule has 3 rings (SSSR count). The number of anilines is 1. The first kappa shape index (κ1) is 11.1. The zero-order valence-corrected chi connectivity index (χ0v) is 10.5. The van der Waals surface area contributed by atoms with Crippen LogP contribution in [0, 0.1) is 0 Å². The Morgan fingerprint density at radius 2 is 1.71 bits per heavy atom. The fraction of sp³-hybridized carbons (Fsp3) is 0.600. The van der Waals surface area contributed by atoms with Gasteiger partial charge in [0.05, 0.1) is 0 Å². The highest BCUT2D eigenvalue weighted by molar-refractivity contribution is 5.55. The highest BCUT2D eigenvalue weighted by Crippen LogP contribution is 2.34. The summed E-state index contributed by atoms with van der Waals surface area (Å²) < 4.78 is 0. The van der Waals surface area contributed by atoms with Crippen LogP contribution >= 0.6 is 0 Å². The van der Waals surface area contributed by atoms with Gasteiger partial charge >= 0.3 is 0 Å². The molecule has 0 amide bonds. The maximum Gasteiger partial charge on any atom is 0.0401 e. The van der Waals surface area contributed by atoms with Crippen molar-refractivity contribution in [1.82, 2.24) is 5.32 Å². The number of rotatable bonds is 2. The monoisotopic (exact) mass is 230 g/mol. The first-order chi connectivity index (χ1) is 8.45. The van der Waals surface area contributed by atoms with E-state index < -0.39 is 0 Å². The molecule has 0 unspecified atom stereocenters. The summed E-state index contributed by atoms with van der Waals surface area (Å²) >= 11 is 0. The molecule has 2 heterocycles. The predicted molar refractivity (Wildman–Crippen MR) is 72.7 cm³/mol. The first-order valence-electron chi connectivity index (χ1n) is 7.00. The average Bonchev–Trinajstić information content (AvgIpc) is 2.94. The van der Waals surface area contributed by atoms with Crippen molar-refractivity contribution < 1.29 is 0 Å². The van der Waals surface area contributed by atoms with E-state index >= 15 is 0 Å². The molecule has 2 aliphatic heterocycles. The summed E-state index contributed by atoms with van der Waals surface area (Å²) in [7, 11) is 0. The average molecular weight is 230 g/mol. The Hall–Kier alpha value is -1.02. The number of para-hydroxylation sites is 1. The summed E-state index contributed by atoms with van der Waals surface area (Å²) in [6.45, 7) is 4.86. The molecule has 2 fully saturated rings. The molecule has 17 heavy (non-hydrogen) atoms. The second-order valence-electron chi connectivity index (χ2n) is 5.28. The van der Waals surface area contributed by atoms with Crippen LogP contribution in [0.4, 0.5) is 5.69 Å². The van der Waals surface area contributed by atoms with E-state index in [1.165, 1.54) is 57.5 Å². The Morgan fingerprint density at radius 3 is 2.47 bits per heavy atom. The van der Waals surface area contributed by atoms with Gasteiger partial charge in [-0.15, -0.1) is 0 Å². The van der Waals surface area contributed by atoms with Crippen molar-refractivity contribution in [2.24, 2.45) is 0 Å². The second kappa shape index (κ2) is 5.09. The SMILES string of the molecule is c1ccc(N2CCCC2)c(C2CCNCC2)c1. The van der Waals surface area contributed by atoms with E-state index in [1.54, 1.807) is 5.56 Å². The summed E-state index contributed by atoms with van der Waals surface area (Å²) in [5.74, 6) is 0.771. The van der Waals surface area contributed by atoms with Gasteiger partial charge in [0.1, 0.15) is 0 Å². The zero-order chi connectivity index (χ0) is 11.5. The predicted octanol–water partition coefficient (Wildman–Crippen LogP) is 2.75. The van der Waals surface area contributed by atoms with Gasteiger partial charge in [0.15, 0.2) is 0 Å². The lowest BCUT2D eigenvalue weighted by molar-refractivity contribution is 0.460. The largest absolute Gasteiger partial charge is 0.371 e. The topological polar surface area (TPSA) is 15.3 Å². The number of benzene rings is 1. The third-order valence-electron chi connectivity index (χ3n) is 4.16. The van der Waals surface area contributed by atoms with Gasteiger partial charge < -0.3 is 10.2 Å². The number of hydrogen-bond acceptors (Lipinski definition) is 2. The molecule has 1 aromatic rings. The van der Waals surface area contributed by atoms with Crippen LogP contribution in [0.5, 0.6) is 0 Å². The highest BCUT2D eigenvalue weighted by Gasteiger charge is 2.21. The lowest BCUT2D eigenvalue weighted by Crippen LogP contribution is -2.28. The van der Waals surface area contributed by atoms with Crippen LogP contribution in [-0.4, -0.2) is 26.2 Å². The molecule has 0 bridgehead atoms. The minimum absolute atomic E-state index is 0.771. The third-order valence-corrected chi connectivity index (χ3v) is 4.16. The molecule has 0 radical (unpaired) electrons. The smallest absolute Gasteiger partial charge is 0.0401 e. The molecule has 0 atom stereocenters. The molecule has 0 aromatic heterocycles. The lowest BCUT2D eigenvalue weighted by atomic mass is 9.89. The number of nitrogens with zero attached hydrogens (tertiary/aromatic N) is 1. The van der Waals surface area contributed by atoms with E-state index in [2.05, 4.69) is 34.5 Å². The number of nitrogens with one attached hydrogen (secondary N) is 1. The van der Waals surface area contributed by atoms with Gasteiger partial charge in [-0.05, 0) is 56.3 Å². The van der Waals surface area contributed by atoms with Gasteiger partial charge in [0.25, 0.3) is 0 Å². The van der Waals surface area contributed by atoms with Gasteiger partial charge in [0.2, 0.25) is 0 Å². The van der Waals surface area contributed by atoms with Gasteiger partial charge in [-0.2, -0.15) is 0 Å². The Bertz CT molecular complexity index is 363. The molecule has 0 saturated carbocycles. The molecule has 2 heteroatoms. The van der Waals surface area contributed by atoms with Gasteiger partial charge in [0, 0.05) is 18.8 Å². The normalized spacial score (nSPS) is 22.0. The van der Waals surface area contributed by atoms with Crippen LogP contribution in [0.15, 0.2) is 24.3 Å². The fourth-order valence-electron chi connectivity index (χ4n) is 3.21. The second-order valence-corrected chi connectivity index (χ2v) is 5.28. The Kier molecular flexibility index (Phi) is 3.32. The van der Waals surface area contributed by atoms with Gasteiger partial charge in [-0.25, -0.2) is 0 Å². The van der Waals surface area contributed by atoms with E-state index in [-0.39, 0.29) is 0 Å². The molecule has 2 saturated heterocycles. The summed E-state index contributed by atoms with van der Waals surface area (Å²) in [5, 5.41) is 3.46. The van der Waals surface area contributed by atoms with E-state index in [0.29, 0.717) is 0 Å². The summed E-state index contributed by atoms with van der Waals surface area (Å²) in [6.07, 6.45) is 5.32. The molecular formula is C15H22N2. The third kappa shape index (κ3) is 2.32. The van der Waals surface area contributed by atoms with E-state index in [1.807, 2.05) is 0 Å². The molecule has 2 nitrogen and oxygen atoms in total. The summed E-state index contributed by atoms with van der Waals surface area (Å²) in [5.41, 5.74) is 3.10. The van der Waals surface area contributed by atoms with Gasteiger partial charge in [-0.1, -0.05) is 18.2 Å². The van der Waals surface area contributed by atoms with Crippen LogP contribution in [-0.2, 0) is 0 Å². The Morgan fingerprint density at radius 1 is 1.00 bits per heavy atom. The first-order valence-corrected chi connectivity index (χ1v) is 7.00. The van der Waals surface area contributed by atoms with Crippen LogP contribution in [0.25, 0.3) is 0 Å². The minimum Gasteiger partial charge on any atom is -0.371 e. The molecule has 1 N–H and O–H groups in total. The summed E-state index contributed by atoms with van der Waals surface area (Å²) in [6, 6.07) is 9.07. The van der Waals surface area contributed by atoms with E-state index in [4.69, 9.17) is 0 Å². The maximum atomic E-state index is 3.46. The van der Waals surface area contributed by atoms with Crippen molar-refractivity contribution in [3.8, 4) is 0 Å². The maximum absolute atomic E-state index is 3.46. The minimum atomic E-state index is 0.771. The molecule has 0 spiro atoms. The van der Waals surface area contributed by atoms with Crippen molar-refractivity contribution >= 4 is 5.69 Å². The fourth-order valence-corrected chi connectivity index (χ4v) is 3.21. The van der Waals surface area contributed by atoms with Crippen LogP contribution in [0.2, 0.25) is 0 Å². The van der Waals surface area contributed by atoms with Crippen LogP contribution in [0.1, 0.15) is 37.2 Å². The van der Waals surface area contributed by atoms with Crippen LogP contribution in [0.3, 0.4) is 0 Å². The van der Waals surface area contributed by atoms with Gasteiger partial charge in [-0.3, -0.25) is 0 Å². The van der Waals surface area contributed by atoms with Crippen molar-refractivity contribution in [3.63, 3.8) is 0 Å². The van der Waals surface area contributed by atoms with Crippen LogP contribution < -0.4 is 10.2 Å². The quantitative estimate of drug-likeness (QED) is 0.840. The van der Waals surface area contributed by atoms with Crippen molar-refractivity contribution in [2.75, 3.05) is 31.1 Å². The van der Waals surface area contributed by atoms with E-state index in [0.717, 1.165) is 5.92 Å². The highest BCUT2D eigenvalue weighted by atomic mass is 15.1.